The van der Waals surface area contributed by atoms with Gasteiger partial charge in [0.25, 0.3) is 0 Å². The number of amides is 1. The average Bonchev–Trinajstić information content (AvgIpc) is 2.90. The Balaban J connectivity index is 2.12. The Labute approximate surface area is 181 Å². The van der Waals surface area contributed by atoms with Crippen LogP contribution >= 0.6 is 38.9 Å². The van der Waals surface area contributed by atoms with Crippen LogP contribution < -0.4 is 5.32 Å². The Morgan fingerprint density at radius 1 is 1.54 bits per heavy atom. The number of nitrogens with one attached hydrogen (secondary N) is 1. The molecule has 12 heteroatoms. The molecule has 0 saturated carbocycles. The number of ether oxygens (including phenoxy) is 2. The lowest BCUT2D eigenvalue weighted by molar-refractivity contribution is 0.0380. The first-order valence-corrected chi connectivity index (χ1v) is 12.0. The van der Waals surface area contributed by atoms with E-state index in [0.29, 0.717) is 16.5 Å². The summed E-state index contributed by atoms with van der Waals surface area (Å²) in [6.07, 6.45) is -0.529. The van der Waals surface area contributed by atoms with E-state index in [4.69, 9.17) is 21.1 Å². The van der Waals surface area contributed by atoms with E-state index >= 15 is 0 Å². The van der Waals surface area contributed by atoms with Gasteiger partial charge in [0, 0.05) is 13.7 Å². The highest BCUT2D eigenvalue weighted by atomic mass is 79.9. The van der Waals surface area contributed by atoms with Crippen molar-refractivity contribution < 1.29 is 22.7 Å². The number of guanidine groups is 1. The van der Waals surface area contributed by atoms with Gasteiger partial charge in [-0.2, -0.15) is 0 Å². The van der Waals surface area contributed by atoms with Crippen molar-refractivity contribution in [1.29, 1.82) is 0 Å². The van der Waals surface area contributed by atoms with Crippen LogP contribution in [-0.4, -0.2) is 55.9 Å². The van der Waals surface area contributed by atoms with Gasteiger partial charge in [0.15, 0.2) is 0 Å². The highest BCUT2D eigenvalue weighted by Crippen LogP contribution is 2.48. The molecule has 2 aliphatic heterocycles. The van der Waals surface area contributed by atoms with Crippen LogP contribution in [-0.2, 0) is 25.0 Å². The first-order valence-electron chi connectivity index (χ1n) is 8.47. The Bertz CT molecular complexity index is 927. The molecule has 1 unspecified atom stereocenters. The van der Waals surface area contributed by atoms with Gasteiger partial charge in [-0.05, 0) is 49.2 Å². The lowest BCUT2D eigenvalue weighted by atomic mass is 9.90. The number of fused-ring (bicyclic) bond motifs is 1. The number of hydrogen-bond acceptors (Lipinski definition) is 7. The quantitative estimate of drug-likeness (QED) is 0.620. The molecule has 0 radical (unpaired) electrons. The van der Waals surface area contributed by atoms with Gasteiger partial charge in [-0.25, -0.2) is 22.5 Å². The van der Waals surface area contributed by atoms with E-state index in [9.17, 15) is 13.2 Å². The van der Waals surface area contributed by atoms with Crippen molar-refractivity contribution in [3.63, 3.8) is 0 Å². The number of nitrogens with zero attached hydrogens (tertiary/aromatic N) is 2. The van der Waals surface area contributed by atoms with Crippen molar-refractivity contribution in [2.75, 3.05) is 20.3 Å². The zero-order valence-electron chi connectivity index (χ0n) is 15.8. The van der Waals surface area contributed by atoms with Gasteiger partial charge in [0.2, 0.25) is 16.0 Å². The largest absolute Gasteiger partial charge is 0.444 e. The molecule has 1 aromatic heterocycles. The second-order valence-corrected chi connectivity index (χ2v) is 12.5. The highest BCUT2D eigenvalue weighted by molar-refractivity contribution is 9.11. The van der Waals surface area contributed by atoms with Crippen LogP contribution in [0.5, 0.6) is 0 Å². The molecular weight excluding hydrogens is 494 g/mol. The summed E-state index contributed by atoms with van der Waals surface area (Å²) in [6.45, 7) is 5.48. The van der Waals surface area contributed by atoms with Crippen molar-refractivity contribution in [3.05, 3.63) is 19.8 Å². The summed E-state index contributed by atoms with van der Waals surface area (Å²) < 4.78 is 39.1. The van der Waals surface area contributed by atoms with Crippen LogP contribution in [0.25, 0.3) is 0 Å². The van der Waals surface area contributed by atoms with Crippen LogP contribution in [0.2, 0.25) is 5.02 Å². The number of hydrogen-bond donors (Lipinski definition) is 1. The first-order chi connectivity index (χ1) is 12.9. The van der Waals surface area contributed by atoms with Crippen LogP contribution in [0, 0.1) is 0 Å². The van der Waals surface area contributed by atoms with E-state index in [0.717, 1.165) is 8.09 Å². The summed E-state index contributed by atoms with van der Waals surface area (Å²) in [5.74, 6) is -0.128. The van der Waals surface area contributed by atoms with E-state index < -0.39 is 32.5 Å². The van der Waals surface area contributed by atoms with Crippen molar-refractivity contribution in [1.82, 2.24) is 9.62 Å². The zero-order valence-corrected chi connectivity index (χ0v) is 19.8. The summed E-state index contributed by atoms with van der Waals surface area (Å²) in [4.78, 5) is 17.5. The Morgan fingerprint density at radius 3 is 2.79 bits per heavy atom. The molecular formula is C16H21BrClN3O5S2. The molecule has 0 aromatic carbocycles. The minimum absolute atomic E-state index is 0.0386. The van der Waals surface area contributed by atoms with Gasteiger partial charge in [-0.15, -0.1) is 11.3 Å². The fraction of sp³-hybridized carbons (Fsp3) is 0.625. The Morgan fingerprint density at radius 2 is 2.21 bits per heavy atom. The second kappa shape index (κ2) is 7.42. The molecule has 1 fully saturated rings. The molecule has 8 nitrogen and oxygen atoms in total. The van der Waals surface area contributed by atoms with Gasteiger partial charge < -0.3 is 9.47 Å². The molecule has 0 aliphatic carbocycles. The van der Waals surface area contributed by atoms with Crippen LogP contribution in [0.3, 0.4) is 0 Å². The fourth-order valence-electron chi connectivity index (χ4n) is 3.22. The standard InChI is InChI=1S/C16H21BrClN3O5S2/c1-15(2,3)26-14(22)19-13-20-16(12-9(18)7-11(17)27-12)8-25-6-5-10(16)28(23,24)21(13)4/h7,10H,5-6,8H2,1-4H3,(H,19,20,22)/t10?,16-/m0/s1. The highest BCUT2D eigenvalue weighted by Gasteiger charge is 2.57. The van der Waals surface area contributed by atoms with E-state index in [-0.39, 0.29) is 19.0 Å². The van der Waals surface area contributed by atoms with E-state index in [1.165, 1.54) is 18.4 Å². The smallest absolute Gasteiger partial charge is 0.414 e. The number of carbonyl (C=O) groups excluding carboxylic acids is 1. The van der Waals surface area contributed by atoms with Gasteiger partial charge in [-0.3, -0.25) is 5.32 Å². The maximum atomic E-state index is 13.3. The van der Waals surface area contributed by atoms with Crippen LogP contribution in [0.1, 0.15) is 32.1 Å². The molecule has 2 aliphatic rings. The maximum absolute atomic E-state index is 13.3. The normalized spacial score (nSPS) is 27.0. The lowest BCUT2D eigenvalue weighted by Gasteiger charge is -2.45. The van der Waals surface area contributed by atoms with Gasteiger partial charge in [0.1, 0.15) is 16.4 Å². The SMILES string of the molecule is CN1C(NC(=O)OC(C)(C)C)=N[C@@]2(c3sc(Br)cc3Cl)COCCC2S1(=O)=O. The molecule has 1 aromatic rings. The third kappa shape index (κ3) is 3.91. The molecule has 156 valence electrons. The van der Waals surface area contributed by atoms with Gasteiger partial charge in [-0.1, -0.05) is 11.6 Å². The topological polar surface area (TPSA) is 97.3 Å². The molecule has 28 heavy (non-hydrogen) atoms. The molecule has 1 saturated heterocycles. The number of rotatable bonds is 1. The lowest BCUT2D eigenvalue weighted by Crippen LogP contribution is -2.62. The third-order valence-electron chi connectivity index (χ3n) is 4.39. The Kier molecular flexibility index (Phi) is 5.78. The minimum Gasteiger partial charge on any atom is -0.444 e. The minimum atomic E-state index is -3.83. The van der Waals surface area contributed by atoms with Crippen LogP contribution in [0.4, 0.5) is 4.79 Å². The summed E-state index contributed by atoms with van der Waals surface area (Å²) in [6, 6.07) is 1.70. The third-order valence-corrected chi connectivity index (χ3v) is 8.88. The maximum Gasteiger partial charge on any atom is 0.414 e. The fourth-order valence-corrected chi connectivity index (χ4v) is 7.38. The van der Waals surface area contributed by atoms with Crippen molar-refractivity contribution in [2.24, 2.45) is 4.99 Å². The monoisotopic (exact) mass is 513 g/mol. The number of halogens is 2. The summed E-state index contributed by atoms with van der Waals surface area (Å²) >= 11 is 11.1. The van der Waals surface area contributed by atoms with Crippen molar-refractivity contribution in [2.45, 2.75) is 43.6 Å². The molecule has 0 spiro atoms. The zero-order chi connectivity index (χ0) is 20.9. The van der Waals surface area contributed by atoms with Crippen LogP contribution in [0.15, 0.2) is 14.8 Å². The van der Waals surface area contributed by atoms with E-state index in [1.807, 2.05) is 0 Å². The van der Waals surface area contributed by atoms with Crippen molar-refractivity contribution in [3.8, 4) is 0 Å². The summed E-state index contributed by atoms with van der Waals surface area (Å²) in [5.41, 5.74) is -1.99. The van der Waals surface area contributed by atoms with Gasteiger partial charge in [0.05, 0.1) is 20.3 Å². The number of alkyl carbamates (subject to hydrolysis) is 1. The molecule has 0 bridgehead atoms. The predicted octanol–water partition coefficient (Wildman–Crippen LogP) is 3.30. The molecule has 3 rings (SSSR count). The molecule has 3 heterocycles. The predicted molar refractivity (Wildman–Crippen MR) is 111 cm³/mol. The summed E-state index contributed by atoms with van der Waals surface area (Å²) in [7, 11) is -2.47. The number of sulfonamides is 1. The number of thiophene rings is 1. The second-order valence-electron chi connectivity index (χ2n) is 7.56. The van der Waals surface area contributed by atoms with E-state index in [1.54, 1.807) is 26.8 Å². The Hall–Kier alpha value is -0.880. The van der Waals surface area contributed by atoms with Gasteiger partial charge >= 0.3 is 6.09 Å². The molecule has 1 amide bonds. The molecule has 1 N–H and O–H groups in total. The number of aliphatic imine (C=N–C) groups is 1. The summed E-state index contributed by atoms with van der Waals surface area (Å²) in [5, 5.41) is 2.00. The average molecular weight is 515 g/mol. The van der Waals surface area contributed by atoms with Crippen molar-refractivity contribution >= 4 is 60.9 Å². The number of carbonyl (C=O) groups is 1. The molecule has 2 atom stereocenters. The first kappa shape index (κ1) is 21.8. The van der Waals surface area contributed by atoms with E-state index in [2.05, 4.69) is 26.2 Å².